The van der Waals surface area contributed by atoms with Crippen LogP contribution in [0.25, 0.3) is 0 Å². The summed E-state index contributed by atoms with van der Waals surface area (Å²) in [5.41, 5.74) is 2.92. The van der Waals surface area contributed by atoms with Gasteiger partial charge in [-0.15, -0.1) is 0 Å². The number of benzene rings is 1. The van der Waals surface area contributed by atoms with E-state index in [0.29, 0.717) is 6.42 Å². The van der Waals surface area contributed by atoms with Crippen molar-refractivity contribution in [2.75, 3.05) is 7.05 Å². The minimum absolute atomic E-state index is 0.00726. The van der Waals surface area contributed by atoms with Crippen LogP contribution in [-0.4, -0.2) is 34.0 Å². The maximum absolute atomic E-state index is 12.4. The molecule has 0 aliphatic carbocycles. The van der Waals surface area contributed by atoms with E-state index in [9.17, 15) is 9.90 Å². The van der Waals surface area contributed by atoms with E-state index >= 15 is 0 Å². The molecule has 1 aromatic carbocycles. The molecule has 122 valence electrons. The molecule has 1 aromatic heterocycles. The predicted molar refractivity (Wildman–Crippen MR) is 91.7 cm³/mol. The van der Waals surface area contributed by atoms with Crippen LogP contribution in [0.3, 0.4) is 0 Å². The highest BCUT2D eigenvalue weighted by atomic mass is 35.5. The van der Waals surface area contributed by atoms with E-state index in [4.69, 9.17) is 11.6 Å². The predicted octanol–water partition coefficient (Wildman–Crippen LogP) is 3.38. The Labute approximate surface area is 141 Å². The second-order valence-corrected chi connectivity index (χ2v) is 6.19. The Hall–Kier alpha value is -2.07. The monoisotopic (exact) mass is 332 g/mol. The van der Waals surface area contributed by atoms with Gasteiger partial charge in [0.2, 0.25) is 5.91 Å². The van der Waals surface area contributed by atoms with Crippen LogP contribution in [0.2, 0.25) is 5.02 Å². The number of hydrogen-bond donors (Lipinski definition) is 1. The lowest BCUT2D eigenvalue weighted by Crippen LogP contribution is -2.37. The molecule has 0 spiro atoms. The molecule has 1 N–H and O–H groups in total. The smallest absolute Gasteiger partial charge is 0.226 e. The van der Waals surface area contributed by atoms with Gasteiger partial charge in [0.15, 0.2) is 0 Å². The third-order valence-corrected chi connectivity index (χ3v) is 4.33. The Morgan fingerprint density at radius 2 is 2.13 bits per heavy atom. The normalized spacial score (nSPS) is 12.0. The van der Waals surface area contributed by atoms with Crippen molar-refractivity contribution in [3.05, 3.63) is 58.4 Å². The molecule has 0 saturated carbocycles. The number of phenols is 1. The summed E-state index contributed by atoms with van der Waals surface area (Å²) in [4.78, 5) is 18.5. The Bertz CT molecular complexity index is 703. The van der Waals surface area contributed by atoms with Gasteiger partial charge < -0.3 is 10.0 Å². The van der Waals surface area contributed by atoms with Crippen LogP contribution in [-0.2, 0) is 17.6 Å². The molecular formula is C18H21ClN2O2. The van der Waals surface area contributed by atoms with Crippen molar-refractivity contribution in [3.8, 4) is 5.75 Å². The number of amides is 1. The number of halogens is 1. The van der Waals surface area contributed by atoms with Gasteiger partial charge in [-0.1, -0.05) is 23.7 Å². The summed E-state index contributed by atoms with van der Waals surface area (Å²) in [6.45, 7) is 4.03. The topological polar surface area (TPSA) is 53.4 Å². The van der Waals surface area contributed by atoms with Crippen molar-refractivity contribution in [1.29, 1.82) is 0 Å². The minimum Gasteiger partial charge on any atom is -0.506 e. The number of nitrogens with zero attached hydrogens (tertiary/aromatic N) is 2. The second kappa shape index (κ2) is 7.47. The third kappa shape index (κ3) is 4.45. The fourth-order valence-corrected chi connectivity index (χ4v) is 2.56. The lowest BCUT2D eigenvalue weighted by atomic mass is 10.1. The SMILES string of the molecule is Cc1cccnc1CC(C)N(C)C(=O)Cc1ccc(O)c(Cl)c1. The quantitative estimate of drug-likeness (QED) is 0.913. The fourth-order valence-electron chi connectivity index (χ4n) is 2.35. The number of aryl methyl sites for hydroxylation is 1. The second-order valence-electron chi connectivity index (χ2n) is 5.79. The van der Waals surface area contributed by atoms with Gasteiger partial charge in [0.1, 0.15) is 5.75 Å². The number of rotatable bonds is 5. The molecule has 1 unspecified atom stereocenters. The van der Waals surface area contributed by atoms with Gasteiger partial charge in [-0.25, -0.2) is 0 Å². The molecule has 23 heavy (non-hydrogen) atoms. The van der Waals surface area contributed by atoms with Crippen LogP contribution < -0.4 is 0 Å². The maximum atomic E-state index is 12.4. The van der Waals surface area contributed by atoms with Crippen LogP contribution in [0.1, 0.15) is 23.7 Å². The first kappa shape index (κ1) is 17.3. The first-order valence-corrected chi connectivity index (χ1v) is 7.90. The summed E-state index contributed by atoms with van der Waals surface area (Å²) >= 11 is 5.88. The molecule has 1 heterocycles. The average Bonchev–Trinajstić information content (AvgIpc) is 2.52. The lowest BCUT2D eigenvalue weighted by molar-refractivity contribution is -0.130. The first-order chi connectivity index (χ1) is 10.9. The third-order valence-electron chi connectivity index (χ3n) is 4.03. The molecule has 0 bridgehead atoms. The molecule has 0 aliphatic rings. The fraction of sp³-hybridized carbons (Fsp3) is 0.333. The summed E-state index contributed by atoms with van der Waals surface area (Å²) < 4.78 is 0. The molecule has 0 radical (unpaired) electrons. The van der Waals surface area contributed by atoms with Gasteiger partial charge >= 0.3 is 0 Å². The first-order valence-electron chi connectivity index (χ1n) is 7.52. The van der Waals surface area contributed by atoms with E-state index in [1.165, 1.54) is 6.07 Å². The van der Waals surface area contributed by atoms with Crippen LogP contribution >= 0.6 is 11.6 Å². The van der Waals surface area contributed by atoms with E-state index < -0.39 is 0 Å². The van der Waals surface area contributed by atoms with Crippen molar-refractivity contribution in [3.63, 3.8) is 0 Å². The number of aromatic hydroxyl groups is 1. The van der Waals surface area contributed by atoms with E-state index in [2.05, 4.69) is 4.98 Å². The van der Waals surface area contributed by atoms with E-state index in [1.54, 1.807) is 30.3 Å². The summed E-state index contributed by atoms with van der Waals surface area (Å²) in [5, 5.41) is 9.69. The highest BCUT2D eigenvalue weighted by molar-refractivity contribution is 6.32. The van der Waals surface area contributed by atoms with Crippen molar-refractivity contribution in [1.82, 2.24) is 9.88 Å². The van der Waals surface area contributed by atoms with Crippen LogP contribution in [0.15, 0.2) is 36.5 Å². The number of hydrogen-bond acceptors (Lipinski definition) is 3. The van der Waals surface area contributed by atoms with Crippen molar-refractivity contribution >= 4 is 17.5 Å². The molecule has 4 nitrogen and oxygen atoms in total. The number of aromatic nitrogens is 1. The zero-order valence-electron chi connectivity index (χ0n) is 13.6. The molecule has 0 aliphatic heterocycles. The van der Waals surface area contributed by atoms with Crippen LogP contribution in [0, 0.1) is 6.92 Å². The standard InChI is InChI=1S/C18H21ClN2O2/c1-12-5-4-8-20-16(12)9-13(2)21(3)18(23)11-14-6-7-17(22)15(19)10-14/h4-8,10,13,22H,9,11H2,1-3H3. The highest BCUT2D eigenvalue weighted by Crippen LogP contribution is 2.24. The molecule has 1 atom stereocenters. The minimum atomic E-state index is 0.00726. The average molecular weight is 333 g/mol. The number of likely N-dealkylation sites (N-methyl/N-ethyl adjacent to an activating group) is 1. The molecule has 2 aromatic rings. The van der Waals surface area contributed by atoms with Gasteiger partial charge in [-0.05, 0) is 43.2 Å². The van der Waals surface area contributed by atoms with Crippen LogP contribution in [0.5, 0.6) is 5.75 Å². The van der Waals surface area contributed by atoms with Gasteiger partial charge in [0.25, 0.3) is 0 Å². The molecule has 2 rings (SSSR count). The number of phenolic OH excluding ortho intramolecular Hbond substituents is 1. The maximum Gasteiger partial charge on any atom is 0.226 e. The van der Waals surface area contributed by atoms with E-state index in [0.717, 1.165) is 16.8 Å². The zero-order valence-corrected chi connectivity index (χ0v) is 14.3. The van der Waals surface area contributed by atoms with Gasteiger partial charge in [0, 0.05) is 31.4 Å². The van der Waals surface area contributed by atoms with Crippen molar-refractivity contribution in [2.45, 2.75) is 32.7 Å². The number of pyridine rings is 1. The molecule has 0 saturated heterocycles. The molecule has 0 fully saturated rings. The lowest BCUT2D eigenvalue weighted by Gasteiger charge is -2.25. The molecule has 1 amide bonds. The van der Waals surface area contributed by atoms with Crippen molar-refractivity contribution in [2.24, 2.45) is 0 Å². The van der Waals surface area contributed by atoms with Gasteiger partial charge in [-0.3, -0.25) is 9.78 Å². The number of carbonyl (C=O) groups excluding carboxylic acids is 1. The Morgan fingerprint density at radius 3 is 2.78 bits per heavy atom. The van der Waals surface area contributed by atoms with Gasteiger partial charge in [-0.2, -0.15) is 0 Å². The summed E-state index contributed by atoms with van der Waals surface area (Å²) in [6, 6.07) is 8.81. The summed E-state index contributed by atoms with van der Waals surface area (Å²) in [6.07, 6.45) is 2.74. The Morgan fingerprint density at radius 1 is 1.39 bits per heavy atom. The van der Waals surface area contributed by atoms with E-state index in [1.807, 2.05) is 26.0 Å². The van der Waals surface area contributed by atoms with Gasteiger partial charge in [0.05, 0.1) is 11.4 Å². The highest BCUT2D eigenvalue weighted by Gasteiger charge is 2.18. The largest absolute Gasteiger partial charge is 0.506 e. The number of carbonyl (C=O) groups is 1. The van der Waals surface area contributed by atoms with E-state index in [-0.39, 0.29) is 29.1 Å². The Balaban J connectivity index is 2.01. The summed E-state index contributed by atoms with van der Waals surface area (Å²) in [7, 11) is 1.80. The molecular weight excluding hydrogens is 312 g/mol. The summed E-state index contributed by atoms with van der Waals surface area (Å²) in [5.74, 6) is 0.0306. The Kier molecular flexibility index (Phi) is 5.61. The van der Waals surface area contributed by atoms with Crippen LogP contribution in [0.4, 0.5) is 0 Å². The van der Waals surface area contributed by atoms with Crippen molar-refractivity contribution < 1.29 is 9.90 Å². The zero-order chi connectivity index (χ0) is 17.0. The molecule has 5 heteroatoms.